The molecule has 0 saturated carbocycles. The molecule has 0 atom stereocenters. The first kappa shape index (κ1) is 21.5. The SMILES string of the molecule is CCOc1nc(Nc2cc(OC)c(OC)c(OC)c2Br)nc2[nH]c(CC)c(Br)c12. The zero-order valence-corrected chi connectivity index (χ0v) is 19.9. The van der Waals surface area contributed by atoms with E-state index in [1.807, 2.05) is 6.92 Å². The maximum Gasteiger partial charge on any atom is 0.232 e. The first-order chi connectivity index (χ1) is 14.0. The Hall–Kier alpha value is -2.20. The van der Waals surface area contributed by atoms with Crippen LogP contribution in [0.3, 0.4) is 0 Å². The number of nitrogens with zero attached hydrogens (tertiary/aromatic N) is 2. The van der Waals surface area contributed by atoms with Gasteiger partial charge >= 0.3 is 0 Å². The van der Waals surface area contributed by atoms with E-state index in [4.69, 9.17) is 18.9 Å². The first-order valence-corrected chi connectivity index (χ1v) is 10.5. The Morgan fingerprint density at radius 2 is 1.72 bits per heavy atom. The number of methoxy groups -OCH3 is 3. The molecule has 2 aromatic heterocycles. The number of anilines is 2. The number of hydrogen-bond donors (Lipinski definition) is 2. The third kappa shape index (κ3) is 3.95. The lowest BCUT2D eigenvalue weighted by Gasteiger charge is -2.17. The molecule has 2 N–H and O–H groups in total. The van der Waals surface area contributed by atoms with E-state index in [-0.39, 0.29) is 0 Å². The normalized spacial score (nSPS) is 10.9. The molecule has 0 saturated heterocycles. The van der Waals surface area contributed by atoms with Crippen LogP contribution in [0.2, 0.25) is 0 Å². The summed E-state index contributed by atoms with van der Waals surface area (Å²) in [6, 6.07) is 1.78. The van der Waals surface area contributed by atoms with Crippen LogP contribution in [-0.4, -0.2) is 42.9 Å². The van der Waals surface area contributed by atoms with Crippen molar-refractivity contribution in [2.24, 2.45) is 0 Å². The Morgan fingerprint density at radius 3 is 2.31 bits per heavy atom. The summed E-state index contributed by atoms with van der Waals surface area (Å²) in [5, 5.41) is 4.03. The molecule has 1 aromatic carbocycles. The Balaban J connectivity index is 2.13. The van der Waals surface area contributed by atoms with Gasteiger partial charge in [-0.1, -0.05) is 6.92 Å². The number of rotatable bonds is 8. The second kappa shape index (κ2) is 9.08. The maximum absolute atomic E-state index is 5.77. The predicted octanol–water partition coefficient (Wildman–Crippen LogP) is 5.21. The Morgan fingerprint density at radius 1 is 1.00 bits per heavy atom. The molecule has 29 heavy (non-hydrogen) atoms. The van der Waals surface area contributed by atoms with E-state index in [1.165, 1.54) is 0 Å². The molecule has 3 aromatic rings. The molecule has 0 unspecified atom stereocenters. The fourth-order valence-corrected chi connectivity index (χ4v) is 4.24. The van der Waals surface area contributed by atoms with E-state index in [0.29, 0.717) is 51.5 Å². The molecule has 0 amide bonds. The fraction of sp³-hybridized carbons (Fsp3) is 0.368. The summed E-state index contributed by atoms with van der Waals surface area (Å²) in [6.07, 6.45) is 0.823. The van der Waals surface area contributed by atoms with E-state index >= 15 is 0 Å². The summed E-state index contributed by atoms with van der Waals surface area (Å²) in [5.74, 6) is 2.35. The average molecular weight is 530 g/mol. The van der Waals surface area contributed by atoms with Gasteiger partial charge in [-0.15, -0.1) is 0 Å². The van der Waals surface area contributed by atoms with E-state index in [0.717, 1.165) is 22.0 Å². The van der Waals surface area contributed by atoms with Gasteiger partial charge in [-0.3, -0.25) is 0 Å². The highest BCUT2D eigenvalue weighted by Gasteiger charge is 2.21. The van der Waals surface area contributed by atoms with Crippen LogP contribution in [0.5, 0.6) is 23.1 Å². The number of halogens is 2. The molecule has 0 radical (unpaired) electrons. The van der Waals surface area contributed by atoms with E-state index in [9.17, 15) is 0 Å². The van der Waals surface area contributed by atoms with Crippen molar-refractivity contribution in [2.45, 2.75) is 20.3 Å². The molecular weight excluding hydrogens is 508 g/mol. The lowest BCUT2D eigenvalue weighted by atomic mass is 10.2. The van der Waals surface area contributed by atoms with Gasteiger partial charge in [0.25, 0.3) is 0 Å². The number of hydrogen-bond acceptors (Lipinski definition) is 7. The minimum atomic E-state index is 0.368. The quantitative estimate of drug-likeness (QED) is 0.413. The number of nitrogens with one attached hydrogen (secondary N) is 2. The van der Waals surface area contributed by atoms with E-state index < -0.39 is 0 Å². The standard InChI is InChI=1S/C19H22Br2N4O4/c1-6-9-13(20)12-17(22-9)24-19(25-18(12)29-7-2)23-10-8-11(26-3)15(27-4)16(28-5)14(10)21/h8H,6-7H2,1-5H3,(H2,22,23,24,25). The smallest absolute Gasteiger partial charge is 0.232 e. The number of aromatic amines is 1. The van der Waals surface area contributed by atoms with Crippen LogP contribution in [0.1, 0.15) is 19.5 Å². The molecular formula is C19H22Br2N4O4. The van der Waals surface area contributed by atoms with Crippen LogP contribution in [0, 0.1) is 0 Å². The molecule has 0 fully saturated rings. The minimum absolute atomic E-state index is 0.368. The molecule has 0 aliphatic carbocycles. The molecule has 0 bridgehead atoms. The van der Waals surface area contributed by atoms with Crippen molar-refractivity contribution in [2.75, 3.05) is 33.3 Å². The van der Waals surface area contributed by atoms with Gasteiger partial charge in [0.05, 0.1) is 48.0 Å². The molecule has 2 heterocycles. The number of ether oxygens (including phenoxy) is 4. The predicted molar refractivity (Wildman–Crippen MR) is 119 cm³/mol. The monoisotopic (exact) mass is 528 g/mol. The Labute approximate surface area is 185 Å². The summed E-state index contributed by atoms with van der Waals surface area (Å²) in [6.45, 7) is 4.46. The van der Waals surface area contributed by atoms with Crippen LogP contribution in [-0.2, 0) is 6.42 Å². The maximum atomic E-state index is 5.77. The zero-order chi connectivity index (χ0) is 21.1. The summed E-state index contributed by atoms with van der Waals surface area (Å²) in [5.41, 5.74) is 2.36. The topological polar surface area (TPSA) is 90.5 Å². The van der Waals surface area contributed by atoms with Gasteiger partial charge in [-0.25, -0.2) is 0 Å². The van der Waals surface area contributed by atoms with Gasteiger partial charge in [0, 0.05) is 11.8 Å². The summed E-state index contributed by atoms with van der Waals surface area (Å²) in [7, 11) is 4.68. The van der Waals surface area contributed by atoms with Crippen molar-refractivity contribution in [1.82, 2.24) is 15.0 Å². The van der Waals surface area contributed by atoms with Crippen LogP contribution < -0.4 is 24.3 Å². The van der Waals surface area contributed by atoms with E-state index in [2.05, 4.69) is 59.1 Å². The van der Waals surface area contributed by atoms with Crippen LogP contribution in [0.4, 0.5) is 11.6 Å². The van der Waals surface area contributed by atoms with Crippen molar-refractivity contribution in [3.05, 3.63) is 20.7 Å². The lowest BCUT2D eigenvalue weighted by Crippen LogP contribution is -2.04. The first-order valence-electron chi connectivity index (χ1n) is 8.95. The highest BCUT2D eigenvalue weighted by atomic mass is 79.9. The van der Waals surface area contributed by atoms with Gasteiger partial charge in [0.15, 0.2) is 11.5 Å². The second-order valence-corrected chi connectivity index (χ2v) is 7.50. The number of fused-ring (bicyclic) bond motifs is 1. The van der Waals surface area contributed by atoms with Gasteiger partial charge < -0.3 is 29.2 Å². The van der Waals surface area contributed by atoms with Crippen molar-refractivity contribution >= 4 is 54.5 Å². The summed E-state index contributed by atoms with van der Waals surface area (Å²) < 4.78 is 23.7. The molecule has 8 nitrogen and oxygen atoms in total. The highest BCUT2D eigenvalue weighted by molar-refractivity contribution is 9.11. The number of benzene rings is 1. The van der Waals surface area contributed by atoms with E-state index in [1.54, 1.807) is 27.4 Å². The highest BCUT2D eigenvalue weighted by Crippen LogP contribution is 2.47. The molecule has 0 spiro atoms. The average Bonchev–Trinajstić information content (AvgIpc) is 3.04. The van der Waals surface area contributed by atoms with Crippen molar-refractivity contribution in [1.29, 1.82) is 0 Å². The number of aromatic nitrogens is 3. The van der Waals surface area contributed by atoms with Crippen molar-refractivity contribution in [3.8, 4) is 23.1 Å². The van der Waals surface area contributed by atoms with Crippen molar-refractivity contribution < 1.29 is 18.9 Å². The Kier molecular flexibility index (Phi) is 6.74. The Bertz CT molecular complexity index is 1040. The number of H-pyrrole nitrogens is 1. The molecule has 10 heteroatoms. The van der Waals surface area contributed by atoms with Gasteiger partial charge in [-0.05, 0) is 45.2 Å². The zero-order valence-electron chi connectivity index (χ0n) is 16.8. The molecule has 0 aliphatic heterocycles. The third-order valence-corrected chi connectivity index (χ3v) is 5.94. The van der Waals surface area contributed by atoms with Gasteiger partial charge in [0.2, 0.25) is 17.6 Å². The van der Waals surface area contributed by atoms with Crippen molar-refractivity contribution in [3.63, 3.8) is 0 Å². The van der Waals surface area contributed by atoms with Crippen LogP contribution >= 0.6 is 31.9 Å². The minimum Gasteiger partial charge on any atom is -0.493 e. The van der Waals surface area contributed by atoms with Gasteiger partial charge in [0.1, 0.15) is 5.65 Å². The third-order valence-electron chi connectivity index (χ3n) is 4.28. The molecule has 0 aliphatic rings. The fourth-order valence-electron chi connectivity index (χ4n) is 2.95. The summed E-state index contributed by atoms with van der Waals surface area (Å²) >= 11 is 7.18. The largest absolute Gasteiger partial charge is 0.493 e. The molecule has 156 valence electrons. The van der Waals surface area contributed by atoms with Gasteiger partial charge in [-0.2, -0.15) is 9.97 Å². The second-order valence-electron chi connectivity index (χ2n) is 5.91. The number of aryl methyl sites for hydroxylation is 1. The molecule has 3 rings (SSSR count). The lowest BCUT2D eigenvalue weighted by molar-refractivity contribution is 0.323. The summed E-state index contributed by atoms with van der Waals surface area (Å²) in [4.78, 5) is 12.5. The van der Waals surface area contributed by atoms with Crippen LogP contribution in [0.15, 0.2) is 15.0 Å². The van der Waals surface area contributed by atoms with Crippen LogP contribution in [0.25, 0.3) is 11.0 Å².